The Bertz CT molecular complexity index is 942. The van der Waals surface area contributed by atoms with Crippen LogP contribution in [0.3, 0.4) is 0 Å². The number of nitrogens with one attached hydrogen (secondary N) is 1. The number of carbonyl (C=O) groups is 1. The quantitative estimate of drug-likeness (QED) is 0.808. The number of nitrogens with zero attached hydrogens (tertiary/aromatic N) is 1. The van der Waals surface area contributed by atoms with Crippen LogP contribution in [-0.4, -0.2) is 31.9 Å². The second-order valence-corrected chi connectivity index (χ2v) is 9.60. The minimum Gasteiger partial charge on any atom is -0.348 e. The fourth-order valence-electron chi connectivity index (χ4n) is 3.75. The van der Waals surface area contributed by atoms with E-state index >= 15 is 0 Å². The lowest BCUT2D eigenvalue weighted by atomic mass is 9.89. The van der Waals surface area contributed by atoms with Gasteiger partial charge in [0.2, 0.25) is 15.9 Å². The number of carbonyl (C=O) groups excluding carboxylic acids is 1. The zero-order chi connectivity index (χ0) is 20.3. The van der Waals surface area contributed by atoms with Gasteiger partial charge in [0.1, 0.15) is 6.04 Å². The average molecular weight is 401 g/mol. The molecule has 6 heteroatoms. The smallest absolute Gasteiger partial charge is 0.243 e. The zero-order valence-electron chi connectivity index (χ0n) is 16.7. The van der Waals surface area contributed by atoms with Crippen molar-refractivity contribution in [1.82, 2.24) is 9.62 Å². The van der Waals surface area contributed by atoms with Gasteiger partial charge in [0.25, 0.3) is 0 Å². The number of likely N-dealkylation sites (N-methyl/N-ethyl adjacent to an activating group) is 1. The van der Waals surface area contributed by atoms with E-state index in [1.165, 1.54) is 31.0 Å². The van der Waals surface area contributed by atoms with Gasteiger partial charge >= 0.3 is 0 Å². The third kappa shape index (κ3) is 4.62. The molecule has 2 aromatic carbocycles. The Morgan fingerprint density at radius 2 is 1.64 bits per heavy atom. The molecule has 0 radical (unpaired) electrons. The van der Waals surface area contributed by atoms with Crippen LogP contribution in [0.15, 0.2) is 48.5 Å². The number of fused-ring (bicyclic) bond motifs is 1. The van der Waals surface area contributed by atoms with Crippen LogP contribution in [0, 0.1) is 0 Å². The molecule has 2 aromatic rings. The van der Waals surface area contributed by atoms with Gasteiger partial charge < -0.3 is 5.32 Å². The first-order valence-electron chi connectivity index (χ1n) is 9.67. The van der Waals surface area contributed by atoms with Crippen LogP contribution in [0.5, 0.6) is 0 Å². The monoisotopic (exact) mass is 400 g/mol. The zero-order valence-corrected chi connectivity index (χ0v) is 17.5. The van der Waals surface area contributed by atoms with Crippen LogP contribution >= 0.6 is 0 Å². The summed E-state index contributed by atoms with van der Waals surface area (Å²) in [5.74, 6) is -0.329. The SMILES string of the molecule is C[C@H](NC(=O)[C@@H](c1ccccc1)N(C)S(C)(=O)=O)c1ccc2c(c1)CCCC2. The Hall–Kier alpha value is -2.18. The maximum atomic E-state index is 13.1. The van der Waals surface area contributed by atoms with Crippen molar-refractivity contribution < 1.29 is 13.2 Å². The van der Waals surface area contributed by atoms with Crippen molar-refractivity contribution in [1.29, 1.82) is 0 Å². The van der Waals surface area contributed by atoms with Crippen LogP contribution in [0.1, 0.15) is 54.1 Å². The second kappa shape index (κ2) is 8.45. The fraction of sp³-hybridized carbons (Fsp3) is 0.409. The predicted octanol–water partition coefficient (Wildman–Crippen LogP) is 3.38. The van der Waals surface area contributed by atoms with E-state index in [0.29, 0.717) is 5.56 Å². The number of aryl methyl sites for hydroxylation is 2. The van der Waals surface area contributed by atoms with Crippen LogP contribution in [-0.2, 0) is 27.7 Å². The fourth-order valence-corrected chi connectivity index (χ4v) is 4.35. The lowest BCUT2D eigenvalue weighted by Crippen LogP contribution is -2.42. The summed E-state index contributed by atoms with van der Waals surface area (Å²) in [5.41, 5.74) is 4.44. The van der Waals surface area contributed by atoms with Crippen molar-refractivity contribution in [3.63, 3.8) is 0 Å². The molecule has 1 N–H and O–H groups in total. The van der Waals surface area contributed by atoms with Gasteiger partial charge in [0, 0.05) is 7.05 Å². The van der Waals surface area contributed by atoms with Crippen LogP contribution in [0.25, 0.3) is 0 Å². The minimum atomic E-state index is -3.54. The first-order valence-corrected chi connectivity index (χ1v) is 11.5. The average Bonchev–Trinajstić information content (AvgIpc) is 2.67. The van der Waals surface area contributed by atoms with Gasteiger partial charge in [0.15, 0.2) is 0 Å². The summed E-state index contributed by atoms with van der Waals surface area (Å²) in [5, 5.41) is 3.01. The molecule has 3 rings (SSSR count). The van der Waals surface area contributed by atoms with Crippen molar-refractivity contribution in [2.75, 3.05) is 13.3 Å². The third-order valence-electron chi connectivity index (χ3n) is 5.48. The highest BCUT2D eigenvalue weighted by atomic mass is 32.2. The molecule has 1 aliphatic carbocycles. The van der Waals surface area contributed by atoms with Crippen LogP contribution < -0.4 is 5.32 Å². The molecule has 1 amide bonds. The molecule has 0 saturated carbocycles. The van der Waals surface area contributed by atoms with Gasteiger partial charge in [-0.05, 0) is 54.9 Å². The van der Waals surface area contributed by atoms with E-state index in [1.807, 2.05) is 13.0 Å². The van der Waals surface area contributed by atoms with Crippen LogP contribution in [0.4, 0.5) is 0 Å². The van der Waals surface area contributed by atoms with Gasteiger partial charge in [-0.15, -0.1) is 0 Å². The van der Waals surface area contributed by atoms with Gasteiger partial charge in [0.05, 0.1) is 12.3 Å². The molecule has 0 saturated heterocycles. The Morgan fingerprint density at radius 3 is 2.29 bits per heavy atom. The molecule has 0 fully saturated rings. The molecule has 0 bridgehead atoms. The third-order valence-corrected chi connectivity index (χ3v) is 6.74. The molecule has 2 atom stereocenters. The van der Waals surface area contributed by atoms with Gasteiger partial charge in [-0.25, -0.2) is 8.42 Å². The van der Waals surface area contributed by atoms with E-state index in [-0.39, 0.29) is 11.9 Å². The van der Waals surface area contributed by atoms with Gasteiger partial charge in [-0.2, -0.15) is 4.31 Å². The lowest BCUT2D eigenvalue weighted by molar-refractivity contribution is -0.125. The molecule has 28 heavy (non-hydrogen) atoms. The van der Waals surface area contributed by atoms with Gasteiger partial charge in [-0.3, -0.25) is 4.79 Å². The standard InChI is InChI=1S/C22H28N2O3S/c1-16(19-14-13-17-9-7-8-12-20(17)15-19)23-22(25)21(24(2)28(3,26)27)18-10-5-4-6-11-18/h4-6,10-11,13-16,21H,7-9,12H2,1-3H3,(H,23,25)/t16-,21+/m0/s1. The summed E-state index contributed by atoms with van der Waals surface area (Å²) in [6.45, 7) is 1.94. The van der Waals surface area contributed by atoms with E-state index in [1.54, 1.807) is 24.3 Å². The minimum absolute atomic E-state index is 0.209. The maximum absolute atomic E-state index is 13.1. The molecule has 0 aliphatic heterocycles. The largest absolute Gasteiger partial charge is 0.348 e. The van der Waals surface area contributed by atoms with Crippen molar-refractivity contribution in [2.24, 2.45) is 0 Å². The summed E-state index contributed by atoms with van der Waals surface area (Å²) in [6.07, 6.45) is 5.74. The van der Waals surface area contributed by atoms with E-state index in [2.05, 4.69) is 23.5 Å². The van der Waals surface area contributed by atoms with E-state index in [0.717, 1.165) is 29.0 Å². The van der Waals surface area contributed by atoms with Crippen molar-refractivity contribution in [2.45, 2.75) is 44.7 Å². The molecular formula is C22H28N2O3S. The molecule has 0 aromatic heterocycles. The number of hydrogen-bond donors (Lipinski definition) is 1. The molecule has 0 heterocycles. The highest BCUT2D eigenvalue weighted by Gasteiger charge is 2.31. The van der Waals surface area contributed by atoms with E-state index < -0.39 is 16.1 Å². The van der Waals surface area contributed by atoms with Crippen molar-refractivity contribution in [3.05, 3.63) is 70.8 Å². The van der Waals surface area contributed by atoms with Crippen LogP contribution in [0.2, 0.25) is 0 Å². The number of rotatable bonds is 6. The van der Waals surface area contributed by atoms with Gasteiger partial charge in [-0.1, -0.05) is 48.5 Å². The Morgan fingerprint density at radius 1 is 1.00 bits per heavy atom. The number of benzene rings is 2. The summed E-state index contributed by atoms with van der Waals surface area (Å²) >= 11 is 0. The molecular weight excluding hydrogens is 372 g/mol. The first kappa shape index (κ1) is 20.6. The molecule has 150 valence electrons. The normalized spacial score (nSPS) is 16.3. The Labute approximate surface area is 167 Å². The highest BCUT2D eigenvalue weighted by molar-refractivity contribution is 7.88. The number of hydrogen-bond acceptors (Lipinski definition) is 3. The molecule has 0 spiro atoms. The number of amides is 1. The second-order valence-electron chi connectivity index (χ2n) is 7.56. The summed E-state index contributed by atoms with van der Waals surface area (Å²) in [4.78, 5) is 13.1. The highest BCUT2D eigenvalue weighted by Crippen LogP contribution is 2.26. The number of sulfonamides is 1. The Kier molecular flexibility index (Phi) is 6.20. The topological polar surface area (TPSA) is 66.5 Å². The van der Waals surface area contributed by atoms with E-state index in [9.17, 15) is 13.2 Å². The molecule has 5 nitrogen and oxygen atoms in total. The summed E-state index contributed by atoms with van der Waals surface area (Å²) < 4.78 is 25.3. The molecule has 1 aliphatic rings. The molecule has 0 unspecified atom stereocenters. The first-order chi connectivity index (χ1) is 13.3. The van der Waals surface area contributed by atoms with Crippen molar-refractivity contribution in [3.8, 4) is 0 Å². The predicted molar refractivity (Wildman–Crippen MR) is 111 cm³/mol. The summed E-state index contributed by atoms with van der Waals surface area (Å²) in [6, 6.07) is 14.3. The maximum Gasteiger partial charge on any atom is 0.243 e. The van der Waals surface area contributed by atoms with Crippen molar-refractivity contribution >= 4 is 15.9 Å². The lowest BCUT2D eigenvalue weighted by Gasteiger charge is -2.27. The Balaban J connectivity index is 1.83. The van der Waals surface area contributed by atoms with E-state index in [4.69, 9.17) is 0 Å². The summed E-state index contributed by atoms with van der Waals surface area (Å²) in [7, 11) is -2.09.